The van der Waals surface area contributed by atoms with Crippen LogP contribution in [0.15, 0.2) is 42.6 Å². The molecule has 0 atom stereocenters. The SMILES string of the molecule is CC(C)N1CCC(Oc2ccc(C(=N)c3cc(OCc4c(Cl)cnc(F)c4Cl)ccc3N)cc2C#N)CC1. The number of nitriles is 1. The van der Waals surface area contributed by atoms with Gasteiger partial charge in [0.1, 0.15) is 35.3 Å². The molecule has 0 spiro atoms. The Kier molecular flexibility index (Phi) is 8.72. The summed E-state index contributed by atoms with van der Waals surface area (Å²) >= 11 is 12.1. The summed E-state index contributed by atoms with van der Waals surface area (Å²) in [6, 6.07) is 12.7. The van der Waals surface area contributed by atoms with Crippen LogP contribution in [0.3, 0.4) is 0 Å². The first kappa shape index (κ1) is 27.6. The van der Waals surface area contributed by atoms with Gasteiger partial charge in [0.05, 0.1) is 16.3 Å². The molecule has 2 aromatic carbocycles. The minimum absolute atomic E-state index is 0.0442. The van der Waals surface area contributed by atoms with Crippen LogP contribution in [0, 0.1) is 22.7 Å². The van der Waals surface area contributed by atoms with Crippen LogP contribution in [0.2, 0.25) is 10.0 Å². The third-order valence-electron chi connectivity index (χ3n) is 6.59. The highest BCUT2D eigenvalue weighted by atomic mass is 35.5. The Hall–Kier alpha value is -3.38. The number of rotatable bonds is 8. The first-order valence-corrected chi connectivity index (χ1v) is 13.0. The number of benzene rings is 2. The molecule has 3 N–H and O–H groups in total. The zero-order valence-corrected chi connectivity index (χ0v) is 22.6. The number of nitrogens with zero attached hydrogens (tertiary/aromatic N) is 3. The first-order valence-electron chi connectivity index (χ1n) is 12.2. The number of halogens is 3. The second-order valence-corrected chi connectivity index (χ2v) is 10.2. The molecule has 2 heterocycles. The maximum atomic E-state index is 13.7. The Bertz CT molecular complexity index is 1380. The molecule has 1 fully saturated rings. The number of piperidine rings is 1. The molecule has 38 heavy (non-hydrogen) atoms. The van der Waals surface area contributed by atoms with E-state index in [0.717, 1.165) is 25.9 Å². The van der Waals surface area contributed by atoms with Crippen LogP contribution in [0.1, 0.15) is 48.9 Å². The van der Waals surface area contributed by atoms with Crippen molar-refractivity contribution in [2.24, 2.45) is 0 Å². The molecule has 4 rings (SSSR count). The van der Waals surface area contributed by atoms with Crippen LogP contribution in [-0.2, 0) is 6.61 Å². The van der Waals surface area contributed by atoms with E-state index in [2.05, 4.69) is 29.8 Å². The Morgan fingerprint density at radius 2 is 1.97 bits per heavy atom. The fraction of sp³-hybridized carbons (Fsp3) is 0.321. The summed E-state index contributed by atoms with van der Waals surface area (Å²) in [6.45, 7) is 6.18. The van der Waals surface area contributed by atoms with E-state index in [9.17, 15) is 9.65 Å². The quantitative estimate of drug-likeness (QED) is 0.194. The van der Waals surface area contributed by atoms with E-state index < -0.39 is 5.95 Å². The summed E-state index contributed by atoms with van der Waals surface area (Å²) in [6.07, 6.45) is 3.00. The summed E-state index contributed by atoms with van der Waals surface area (Å²) in [5, 5.41) is 18.5. The van der Waals surface area contributed by atoms with Crippen LogP contribution >= 0.6 is 23.2 Å². The fourth-order valence-electron chi connectivity index (χ4n) is 4.33. The Morgan fingerprint density at radius 3 is 2.66 bits per heavy atom. The lowest BCUT2D eigenvalue weighted by Crippen LogP contribution is -2.41. The lowest BCUT2D eigenvalue weighted by molar-refractivity contribution is 0.0841. The van der Waals surface area contributed by atoms with Crippen molar-refractivity contribution in [3.8, 4) is 17.6 Å². The zero-order chi connectivity index (χ0) is 27.4. The van der Waals surface area contributed by atoms with Gasteiger partial charge in [-0.1, -0.05) is 23.2 Å². The average molecular weight is 556 g/mol. The third kappa shape index (κ3) is 6.18. The van der Waals surface area contributed by atoms with Crippen molar-refractivity contribution in [3.63, 3.8) is 0 Å². The molecular formula is C28H28Cl2FN5O2. The summed E-state index contributed by atoms with van der Waals surface area (Å²) in [5.74, 6) is 0.0585. The molecule has 7 nitrogen and oxygen atoms in total. The summed E-state index contributed by atoms with van der Waals surface area (Å²) in [5.41, 5.74) is 8.19. The Balaban J connectivity index is 1.49. The topological polar surface area (TPSA) is 108 Å². The predicted octanol–water partition coefficient (Wildman–Crippen LogP) is 6.23. The van der Waals surface area contributed by atoms with Crippen molar-refractivity contribution in [1.82, 2.24) is 9.88 Å². The molecule has 0 amide bonds. The van der Waals surface area contributed by atoms with Crippen LogP contribution in [0.5, 0.6) is 11.5 Å². The van der Waals surface area contributed by atoms with Gasteiger partial charge in [-0.25, -0.2) is 4.98 Å². The number of hydrogen-bond acceptors (Lipinski definition) is 7. The maximum absolute atomic E-state index is 13.7. The number of nitrogen functional groups attached to an aromatic ring is 1. The molecule has 10 heteroatoms. The number of aromatic nitrogens is 1. The summed E-state index contributed by atoms with van der Waals surface area (Å²) in [7, 11) is 0. The van der Waals surface area contributed by atoms with Crippen molar-refractivity contribution in [3.05, 3.63) is 80.8 Å². The molecule has 3 aromatic rings. The number of pyridine rings is 1. The van der Waals surface area contributed by atoms with E-state index in [0.29, 0.717) is 39.9 Å². The van der Waals surface area contributed by atoms with Gasteiger partial charge in [0.15, 0.2) is 0 Å². The van der Waals surface area contributed by atoms with Gasteiger partial charge in [0.2, 0.25) is 5.95 Å². The second-order valence-electron chi connectivity index (χ2n) is 9.37. The summed E-state index contributed by atoms with van der Waals surface area (Å²) < 4.78 is 25.7. The normalized spacial score (nSPS) is 14.3. The number of anilines is 1. The molecule has 198 valence electrons. The van der Waals surface area contributed by atoms with Crippen LogP contribution in [-0.4, -0.2) is 40.8 Å². The molecule has 1 aliphatic rings. The molecule has 1 aromatic heterocycles. The van der Waals surface area contributed by atoms with Gasteiger partial charge in [-0.2, -0.15) is 9.65 Å². The monoisotopic (exact) mass is 555 g/mol. The highest BCUT2D eigenvalue weighted by Gasteiger charge is 2.23. The van der Waals surface area contributed by atoms with Gasteiger partial charge < -0.3 is 20.1 Å². The molecular weight excluding hydrogens is 528 g/mol. The van der Waals surface area contributed by atoms with Crippen molar-refractivity contribution in [2.75, 3.05) is 18.8 Å². The van der Waals surface area contributed by atoms with Crippen molar-refractivity contribution >= 4 is 34.6 Å². The van der Waals surface area contributed by atoms with E-state index in [4.69, 9.17) is 43.8 Å². The minimum atomic E-state index is -0.837. The van der Waals surface area contributed by atoms with Crippen molar-refractivity contribution < 1.29 is 13.9 Å². The highest BCUT2D eigenvalue weighted by molar-refractivity contribution is 6.35. The van der Waals surface area contributed by atoms with E-state index >= 15 is 0 Å². The number of ether oxygens (including phenoxy) is 2. The van der Waals surface area contributed by atoms with E-state index in [1.165, 1.54) is 6.20 Å². The van der Waals surface area contributed by atoms with Gasteiger partial charge in [-0.05, 0) is 63.1 Å². The molecule has 0 aliphatic carbocycles. The Labute approximate surface area is 231 Å². The minimum Gasteiger partial charge on any atom is -0.489 e. The van der Waals surface area contributed by atoms with Crippen molar-refractivity contribution in [2.45, 2.75) is 45.4 Å². The number of nitrogens with one attached hydrogen (secondary N) is 1. The average Bonchev–Trinajstić information content (AvgIpc) is 2.91. The van der Waals surface area contributed by atoms with Crippen LogP contribution in [0.4, 0.5) is 10.1 Å². The second kappa shape index (κ2) is 12.0. The van der Waals surface area contributed by atoms with E-state index in [-0.39, 0.29) is 34.0 Å². The molecule has 0 unspecified atom stereocenters. The number of nitrogens with two attached hydrogens (primary N) is 1. The van der Waals surface area contributed by atoms with Crippen molar-refractivity contribution in [1.29, 1.82) is 10.7 Å². The van der Waals surface area contributed by atoms with Gasteiger partial charge in [0, 0.05) is 47.7 Å². The number of likely N-dealkylation sites (tertiary alicyclic amines) is 1. The lowest BCUT2D eigenvalue weighted by atomic mass is 9.98. The molecule has 1 saturated heterocycles. The lowest BCUT2D eigenvalue weighted by Gasteiger charge is -2.34. The first-order chi connectivity index (χ1) is 18.2. The van der Waals surface area contributed by atoms with Gasteiger partial charge >= 0.3 is 0 Å². The maximum Gasteiger partial charge on any atom is 0.232 e. The molecule has 0 saturated carbocycles. The highest BCUT2D eigenvalue weighted by Crippen LogP contribution is 2.30. The summed E-state index contributed by atoms with van der Waals surface area (Å²) in [4.78, 5) is 5.89. The van der Waals surface area contributed by atoms with Crippen LogP contribution < -0.4 is 15.2 Å². The Morgan fingerprint density at radius 1 is 1.24 bits per heavy atom. The van der Waals surface area contributed by atoms with Gasteiger partial charge in [0.25, 0.3) is 0 Å². The van der Waals surface area contributed by atoms with E-state index in [1.54, 1.807) is 36.4 Å². The molecule has 0 radical (unpaired) electrons. The fourth-order valence-corrected chi connectivity index (χ4v) is 4.78. The van der Waals surface area contributed by atoms with Gasteiger partial charge in [-0.3, -0.25) is 5.41 Å². The number of hydrogen-bond donors (Lipinski definition) is 2. The zero-order valence-electron chi connectivity index (χ0n) is 21.1. The third-order valence-corrected chi connectivity index (χ3v) is 7.30. The molecule has 0 bridgehead atoms. The largest absolute Gasteiger partial charge is 0.489 e. The van der Waals surface area contributed by atoms with E-state index in [1.807, 2.05) is 0 Å². The predicted molar refractivity (Wildman–Crippen MR) is 147 cm³/mol. The standard InChI is InChI=1S/C28H28Cl2FN5O2/c1-16(2)36-9-7-19(8-10-36)38-25-6-3-17(11-18(25)13-32)27(34)21-12-20(4-5-24(21)33)37-15-22-23(29)14-35-28(31)26(22)30/h3-6,11-12,14,16,19,34H,7-10,15,33H2,1-2H3. The smallest absolute Gasteiger partial charge is 0.232 e. The van der Waals surface area contributed by atoms with Gasteiger partial charge in [-0.15, -0.1) is 0 Å². The molecule has 1 aliphatic heterocycles. The van der Waals surface area contributed by atoms with Crippen LogP contribution in [0.25, 0.3) is 0 Å².